The van der Waals surface area contributed by atoms with Crippen LogP contribution in [0.2, 0.25) is 0 Å². The van der Waals surface area contributed by atoms with Crippen molar-refractivity contribution in [1.29, 1.82) is 0 Å². The summed E-state index contributed by atoms with van der Waals surface area (Å²) in [6, 6.07) is 66.6. The number of hydrogen-bond acceptors (Lipinski definition) is 3. The third-order valence-electron chi connectivity index (χ3n) is 14.5. The van der Waals surface area contributed by atoms with Crippen LogP contribution in [0.4, 0.5) is 0 Å². The van der Waals surface area contributed by atoms with Crippen LogP contribution < -0.4 is 10.6 Å². The summed E-state index contributed by atoms with van der Waals surface area (Å²) in [4.78, 5) is 15.0. The molecule has 1 aliphatic rings. The van der Waals surface area contributed by atoms with Crippen LogP contribution in [0.3, 0.4) is 0 Å². The van der Waals surface area contributed by atoms with E-state index in [1.54, 1.807) is 0 Å². The highest BCUT2D eigenvalue weighted by Gasteiger charge is 2.36. The molecule has 356 valence electrons. The van der Waals surface area contributed by atoms with Gasteiger partial charge in [0.25, 0.3) is 0 Å². The van der Waals surface area contributed by atoms with Crippen molar-refractivity contribution in [1.82, 2.24) is 28.7 Å². The SMILES string of the molecule is C=C(/C=C\C=C/C)n1ccc2cc3cc4c5ccccc5n(-c5ccc6c(c5)C(C)(C)c5cc(-c7nc(-c8ccccc8)nc(-c8ccccc8)n7)ccc5-6)c4cc3cc21.C=c1ccn(-c2ccccc2)/c1=C/C. The second-order valence-electron chi connectivity index (χ2n) is 19.4. The Hall–Kier alpha value is -9.39. The molecule has 1 aliphatic carbocycles. The van der Waals surface area contributed by atoms with E-state index in [-0.39, 0.29) is 5.41 Å². The van der Waals surface area contributed by atoms with E-state index in [0.717, 1.165) is 44.2 Å². The van der Waals surface area contributed by atoms with Gasteiger partial charge in [0.1, 0.15) is 0 Å². The highest BCUT2D eigenvalue weighted by Crippen LogP contribution is 2.51. The van der Waals surface area contributed by atoms with E-state index >= 15 is 0 Å². The van der Waals surface area contributed by atoms with Crippen LogP contribution in [0.15, 0.2) is 231 Å². The van der Waals surface area contributed by atoms with Crippen molar-refractivity contribution < 1.29 is 0 Å². The van der Waals surface area contributed by atoms with Gasteiger partial charge in [0.05, 0.1) is 16.6 Å². The number of para-hydroxylation sites is 2. The average molecular weight is 955 g/mol. The summed E-state index contributed by atoms with van der Waals surface area (Å²) in [5.41, 5.74) is 14.4. The Bertz CT molecular complexity index is 4260. The molecule has 0 saturated heterocycles. The molecule has 0 fully saturated rings. The molecule has 0 amide bonds. The van der Waals surface area contributed by atoms with E-state index in [0.29, 0.717) is 17.5 Å². The number of nitrogens with zero attached hydrogens (tertiary/aromatic N) is 6. The quantitative estimate of drug-likeness (QED) is 0.143. The van der Waals surface area contributed by atoms with Crippen molar-refractivity contribution in [3.63, 3.8) is 0 Å². The summed E-state index contributed by atoms with van der Waals surface area (Å²) < 4.78 is 6.76. The van der Waals surface area contributed by atoms with Crippen LogP contribution in [0.25, 0.3) is 118 Å². The Balaban J connectivity index is 0.000000343. The summed E-state index contributed by atoms with van der Waals surface area (Å²) in [5.74, 6) is 1.98. The number of rotatable bonds is 8. The van der Waals surface area contributed by atoms with Gasteiger partial charge >= 0.3 is 0 Å². The van der Waals surface area contributed by atoms with Crippen LogP contribution in [0.1, 0.15) is 38.8 Å². The van der Waals surface area contributed by atoms with Gasteiger partial charge in [-0.2, -0.15) is 0 Å². The summed E-state index contributed by atoms with van der Waals surface area (Å²) in [6.07, 6.45) is 14.4. The maximum absolute atomic E-state index is 5.05. The first-order chi connectivity index (χ1) is 36.2. The summed E-state index contributed by atoms with van der Waals surface area (Å²) in [7, 11) is 0. The molecule has 0 radical (unpaired) electrons. The molecular weight excluding hydrogens is 901 g/mol. The van der Waals surface area contributed by atoms with Crippen LogP contribution in [-0.2, 0) is 5.41 Å². The third kappa shape index (κ3) is 7.98. The molecular formula is C68H54N6. The zero-order valence-corrected chi connectivity index (χ0v) is 42.0. The molecule has 74 heavy (non-hydrogen) atoms. The van der Waals surface area contributed by atoms with Crippen LogP contribution in [0, 0.1) is 0 Å². The van der Waals surface area contributed by atoms with Gasteiger partial charge in [0, 0.05) is 73.1 Å². The van der Waals surface area contributed by atoms with E-state index in [1.807, 2.05) is 123 Å². The molecule has 12 aromatic rings. The molecule has 4 heterocycles. The van der Waals surface area contributed by atoms with E-state index in [2.05, 4.69) is 162 Å². The van der Waals surface area contributed by atoms with Crippen LogP contribution in [-0.4, -0.2) is 28.7 Å². The number of hydrogen-bond donors (Lipinski definition) is 0. The minimum Gasteiger partial charge on any atom is -0.317 e. The summed E-state index contributed by atoms with van der Waals surface area (Å²) in [6.45, 7) is 17.1. The molecule has 13 rings (SSSR count). The van der Waals surface area contributed by atoms with E-state index < -0.39 is 0 Å². The molecule has 4 aromatic heterocycles. The number of fused-ring (bicyclic) bond motifs is 8. The topological polar surface area (TPSA) is 53.5 Å². The number of aromatic nitrogens is 6. The fraction of sp³-hybridized carbons (Fsp3) is 0.0735. The lowest BCUT2D eigenvalue weighted by Gasteiger charge is -2.23. The maximum atomic E-state index is 5.05. The largest absolute Gasteiger partial charge is 0.317 e. The van der Waals surface area contributed by atoms with Crippen molar-refractivity contribution in [2.45, 2.75) is 33.1 Å². The summed E-state index contributed by atoms with van der Waals surface area (Å²) >= 11 is 0. The minimum absolute atomic E-state index is 0.277. The van der Waals surface area contributed by atoms with E-state index in [1.165, 1.54) is 65.9 Å². The van der Waals surface area contributed by atoms with Crippen molar-refractivity contribution in [2.75, 3.05) is 0 Å². The van der Waals surface area contributed by atoms with Gasteiger partial charge in [0.15, 0.2) is 17.5 Å². The standard InChI is InChI=1S/C55H41N5.C13H13N/c1-5-6-9-16-35(2)59-28-27-38-29-40-30-46-45-21-14-15-22-49(45)60(51(46)33-41(40)32-50(38)59)42-24-26-44-43-25-23-39(31-47(43)55(3,4)48(44)34-42)54-57-52(36-17-10-7-11-18-36)56-53(58-54)37-19-12-8-13-20-37;1-3-13-11(2)9-10-14(13)12-7-5-4-6-8-12/h5-34H,2H2,1,3-4H3;3-10H,2H2,1H3/b6-5-,16-9-;13-3+. The van der Waals surface area contributed by atoms with Crippen LogP contribution in [0.5, 0.6) is 0 Å². The molecule has 0 spiro atoms. The first kappa shape index (κ1) is 45.7. The maximum Gasteiger partial charge on any atom is 0.164 e. The predicted octanol–water partition coefficient (Wildman–Crippen LogP) is 15.7. The lowest BCUT2D eigenvalue weighted by atomic mass is 9.82. The van der Waals surface area contributed by atoms with Gasteiger partial charge in [0.2, 0.25) is 0 Å². The second kappa shape index (κ2) is 18.7. The first-order valence-corrected chi connectivity index (χ1v) is 25.2. The van der Waals surface area contributed by atoms with E-state index in [9.17, 15) is 0 Å². The van der Waals surface area contributed by atoms with E-state index in [4.69, 9.17) is 15.0 Å². The highest BCUT2D eigenvalue weighted by atomic mass is 15.0. The molecule has 6 nitrogen and oxygen atoms in total. The highest BCUT2D eigenvalue weighted by molar-refractivity contribution is 6.15. The van der Waals surface area contributed by atoms with Crippen molar-refractivity contribution in [2.24, 2.45) is 0 Å². The molecule has 6 heteroatoms. The molecule has 0 bridgehead atoms. The zero-order valence-electron chi connectivity index (χ0n) is 42.0. The lowest BCUT2D eigenvalue weighted by Crippen LogP contribution is -2.26. The van der Waals surface area contributed by atoms with Gasteiger partial charge in [-0.3, -0.25) is 0 Å². The Morgan fingerprint density at radius 3 is 1.80 bits per heavy atom. The molecule has 0 atom stereocenters. The van der Waals surface area contributed by atoms with Crippen LogP contribution >= 0.6 is 0 Å². The fourth-order valence-electron chi connectivity index (χ4n) is 10.8. The number of benzene rings is 8. The first-order valence-electron chi connectivity index (χ1n) is 25.2. The van der Waals surface area contributed by atoms with Crippen molar-refractivity contribution in [3.05, 3.63) is 253 Å². The molecule has 0 unspecified atom stereocenters. The lowest BCUT2D eigenvalue weighted by molar-refractivity contribution is 0.660. The Morgan fingerprint density at radius 1 is 0.500 bits per heavy atom. The van der Waals surface area contributed by atoms with Gasteiger partial charge in [-0.15, -0.1) is 0 Å². The normalized spacial score (nSPS) is 13.1. The molecule has 0 N–H and O–H groups in total. The van der Waals surface area contributed by atoms with Crippen molar-refractivity contribution in [3.8, 4) is 56.7 Å². The smallest absolute Gasteiger partial charge is 0.164 e. The van der Waals surface area contributed by atoms with Gasteiger partial charge in [-0.25, -0.2) is 15.0 Å². The molecule has 8 aromatic carbocycles. The Labute approximate surface area is 431 Å². The molecule has 0 aliphatic heterocycles. The fourth-order valence-corrected chi connectivity index (χ4v) is 10.8. The second-order valence-corrected chi connectivity index (χ2v) is 19.4. The van der Waals surface area contributed by atoms with Gasteiger partial charge < -0.3 is 13.7 Å². The Kier molecular flexibility index (Phi) is 11.5. The monoisotopic (exact) mass is 954 g/mol. The number of allylic oxidation sites excluding steroid dienone is 5. The Morgan fingerprint density at radius 2 is 1.11 bits per heavy atom. The van der Waals surface area contributed by atoms with Gasteiger partial charge in [-0.05, 0) is 131 Å². The van der Waals surface area contributed by atoms with Crippen molar-refractivity contribution >= 4 is 61.8 Å². The molecule has 0 saturated carbocycles. The van der Waals surface area contributed by atoms with Gasteiger partial charge in [-0.1, -0.05) is 167 Å². The average Bonchev–Trinajstić information content (AvgIpc) is 4.19. The third-order valence-corrected chi connectivity index (χ3v) is 14.5. The minimum atomic E-state index is -0.277. The predicted molar refractivity (Wildman–Crippen MR) is 311 cm³/mol. The summed E-state index contributed by atoms with van der Waals surface area (Å²) in [5, 5.41) is 8.31. The zero-order chi connectivity index (χ0) is 50.5.